The maximum Gasteiger partial charge on any atom is 0.152 e. The molecule has 0 amide bonds. The summed E-state index contributed by atoms with van der Waals surface area (Å²) in [5.41, 5.74) is -0.380. The molecule has 1 heterocycles. The average molecular weight is 242 g/mol. The molecule has 0 saturated heterocycles. The van der Waals surface area contributed by atoms with Crippen molar-refractivity contribution in [3.05, 3.63) is 41.7 Å². The fourth-order valence-electron chi connectivity index (χ4n) is 1.36. The normalized spacial score (nSPS) is 10.6. The summed E-state index contributed by atoms with van der Waals surface area (Å²) < 4.78 is 40.6. The average Bonchev–Trinajstić information content (AvgIpc) is 2.62. The van der Waals surface area contributed by atoms with Crippen LogP contribution in [0.3, 0.4) is 0 Å². The minimum Gasteiger partial charge on any atom is -0.373 e. The summed E-state index contributed by atoms with van der Waals surface area (Å²) in [6.45, 7) is 0.0932. The highest BCUT2D eigenvalue weighted by Gasteiger charge is 2.11. The number of benzene rings is 1. The van der Waals surface area contributed by atoms with E-state index in [0.29, 0.717) is 18.0 Å². The van der Waals surface area contributed by atoms with Gasteiger partial charge in [0, 0.05) is 19.2 Å². The van der Waals surface area contributed by atoms with Crippen molar-refractivity contribution in [3.63, 3.8) is 0 Å². The number of aryl methyl sites for hydroxylation is 1. The van der Waals surface area contributed by atoms with Crippen LogP contribution < -0.4 is 5.32 Å². The van der Waals surface area contributed by atoms with E-state index in [0.717, 1.165) is 0 Å². The van der Waals surface area contributed by atoms with Crippen LogP contribution in [0.5, 0.6) is 0 Å². The zero-order valence-electron chi connectivity index (χ0n) is 8.91. The van der Waals surface area contributed by atoms with Gasteiger partial charge in [0.25, 0.3) is 0 Å². The molecular formula is C10H9F3N4. The quantitative estimate of drug-likeness (QED) is 0.893. The van der Waals surface area contributed by atoms with Gasteiger partial charge in [-0.25, -0.2) is 18.2 Å². The van der Waals surface area contributed by atoms with Crippen LogP contribution >= 0.6 is 0 Å². The van der Waals surface area contributed by atoms with Gasteiger partial charge in [-0.05, 0) is 0 Å². The van der Waals surface area contributed by atoms with Gasteiger partial charge in [0.05, 0.1) is 6.54 Å². The molecule has 0 atom stereocenters. The number of hydrogen-bond donors (Lipinski definition) is 1. The summed E-state index contributed by atoms with van der Waals surface area (Å²) in [7, 11) is 1.65. The van der Waals surface area contributed by atoms with Gasteiger partial charge in [-0.1, -0.05) is 0 Å². The number of rotatable bonds is 3. The highest BCUT2D eigenvalue weighted by Crippen LogP contribution is 2.20. The Balaban J connectivity index is 2.17. The first kappa shape index (κ1) is 11.4. The van der Waals surface area contributed by atoms with Gasteiger partial charge in [-0.2, -0.15) is 5.10 Å². The van der Waals surface area contributed by atoms with Crippen molar-refractivity contribution in [1.29, 1.82) is 0 Å². The third-order valence-electron chi connectivity index (χ3n) is 2.24. The van der Waals surface area contributed by atoms with E-state index in [1.807, 2.05) is 0 Å². The number of nitrogens with zero attached hydrogens (tertiary/aromatic N) is 3. The molecule has 0 aliphatic heterocycles. The molecular weight excluding hydrogens is 233 g/mol. The molecule has 0 radical (unpaired) electrons. The minimum absolute atomic E-state index is 0.0932. The molecule has 17 heavy (non-hydrogen) atoms. The number of halogens is 3. The molecule has 1 N–H and O–H groups in total. The summed E-state index contributed by atoms with van der Waals surface area (Å²) in [4.78, 5) is 3.88. The zero-order valence-corrected chi connectivity index (χ0v) is 8.91. The standard InChI is InChI=1S/C10H9F3N4/c1-17-9(15-5-16-17)4-14-10-7(12)2-6(11)3-8(10)13/h2-3,5,14H,4H2,1H3. The fourth-order valence-corrected chi connectivity index (χ4v) is 1.36. The molecule has 0 saturated carbocycles. The molecule has 90 valence electrons. The van der Waals surface area contributed by atoms with Crippen LogP contribution in [0.15, 0.2) is 18.5 Å². The summed E-state index contributed by atoms with van der Waals surface area (Å²) in [5.74, 6) is -2.41. The summed E-state index contributed by atoms with van der Waals surface area (Å²) in [5, 5.41) is 6.32. The molecule has 1 aromatic carbocycles. The van der Waals surface area contributed by atoms with Crippen LogP contribution in [0.25, 0.3) is 0 Å². The van der Waals surface area contributed by atoms with Crippen LogP contribution in [0, 0.1) is 17.5 Å². The summed E-state index contributed by atoms with van der Waals surface area (Å²) in [6.07, 6.45) is 1.33. The lowest BCUT2D eigenvalue weighted by atomic mass is 10.2. The van der Waals surface area contributed by atoms with Crippen molar-refractivity contribution in [2.24, 2.45) is 7.05 Å². The molecule has 0 aliphatic carbocycles. The van der Waals surface area contributed by atoms with Crippen LogP contribution in [-0.4, -0.2) is 14.8 Å². The van der Waals surface area contributed by atoms with E-state index < -0.39 is 17.5 Å². The van der Waals surface area contributed by atoms with Crippen molar-refractivity contribution < 1.29 is 13.2 Å². The van der Waals surface area contributed by atoms with Gasteiger partial charge in [0.15, 0.2) is 11.6 Å². The first-order valence-corrected chi connectivity index (χ1v) is 4.79. The lowest BCUT2D eigenvalue weighted by molar-refractivity contribution is 0.546. The van der Waals surface area contributed by atoms with Crippen molar-refractivity contribution in [1.82, 2.24) is 14.8 Å². The van der Waals surface area contributed by atoms with Gasteiger partial charge >= 0.3 is 0 Å². The molecule has 0 unspecified atom stereocenters. The van der Waals surface area contributed by atoms with E-state index in [2.05, 4.69) is 15.4 Å². The van der Waals surface area contributed by atoms with Crippen LogP contribution in [-0.2, 0) is 13.6 Å². The summed E-state index contributed by atoms with van der Waals surface area (Å²) >= 11 is 0. The van der Waals surface area contributed by atoms with E-state index >= 15 is 0 Å². The van der Waals surface area contributed by atoms with Gasteiger partial charge in [-0.15, -0.1) is 0 Å². The third-order valence-corrected chi connectivity index (χ3v) is 2.24. The highest BCUT2D eigenvalue weighted by atomic mass is 19.1. The monoisotopic (exact) mass is 242 g/mol. The Morgan fingerprint density at radius 3 is 2.41 bits per heavy atom. The van der Waals surface area contributed by atoms with Crippen molar-refractivity contribution in [2.45, 2.75) is 6.54 Å². The topological polar surface area (TPSA) is 42.7 Å². The SMILES string of the molecule is Cn1ncnc1CNc1c(F)cc(F)cc1F. The number of nitrogens with one attached hydrogen (secondary N) is 1. The fraction of sp³-hybridized carbons (Fsp3) is 0.200. The molecule has 0 spiro atoms. The third kappa shape index (κ3) is 2.38. The lowest BCUT2D eigenvalue weighted by Crippen LogP contribution is -2.09. The van der Waals surface area contributed by atoms with Crippen molar-refractivity contribution >= 4 is 5.69 Å². The molecule has 7 heteroatoms. The second-order valence-electron chi connectivity index (χ2n) is 3.40. The highest BCUT2D eigenvalue weighted by molar-refractivity contribution is 5.46. The van der Waals surface area contributed by atoms with E-state index in [1.165, 1.54) is 11.0 Å². The van der Waals surface area contributed by atoms with Crippen LogP contribution in [0.4, 0.5) is 18.9 Å². The van der Waals surface area contributed by atoms with E-state index in [1.54, 1.807) is 7.05 Å². The molecule has 0 bridgehead atoms. The largest absolute Gasteiger partial charge is 0.373 e. The van der Waals surface area contributed by atoms with Crippen LogP contribution in [0.2, 0.25) is 0 Å². The predicted octanol–water partition coefficient (Wildman–Crippen LogP) is 1.84. The molecule has 2 rings (SSSR count). The molecule has 4 nitrogen and oxygen atoms in total. The smallest absolute Gasteiger partial charge is 0.152 e. The first-order valence-electron chi connectivity index (χ1n) is 4.79. The van der Waals surface area contributed by atoms with Gasteiger partial charge in [0.1, 0.15) is 23.7 Å². The Morgan fingerprint density at radius 2 is 1.88 bits per heavy atom. The van der Waals surface area contributed by atoms with Crippen LogP contribution in [0.1, 0.15) is 5.82 Å². The number of hydrogen-bond acceptors (Lipinski definition) is 3. The second-order valence-corrected chi connectivity index (χ2v) is 3.40. The number of anilines is 1. The Hall–Kier alpha value is -2.05. The Bertz CT molecular complexity index is 515. The Morgan fingerprint density at radius 1 is 1.24 bits per heavy atom. The zero-order chi connectivity index (χ0) is 12.4. The molecule has 0 aliphatic rings. The maximum absolute atomic E-state index is 13.3. The second kappa shape index (κ2) is 4.44. The van der Waals surface area contributed by atoms with Gasteiger partial charge < -0.3 is 5.32 Å². The minimum atomic E-state index is -0.982. The first-order chi connectivity index (χ1) is 8.08. The number of aromatic nitrogens is 3. The van der Waals surface area contributed by atoms with Gasteiger partial charge in [0.2, 0.25) is 0 Å². The summed E-state index contributed by atoms with van der Waals surface area (Å²) in [6, 6.07) is 1.23. The van der Waals surface area contributed by atoms with E-state index in [4.69, 9.17) is 0 Å². The molecule has 1 aromatic heterocycles. The predicted molar refractivity (Wildman–Crippen MR) is 54.6 cm³/mol. The van der Waals surface area contributed by atoms with Crippen molar-refractivity contribution in [3.8, 4) is 0 Å². The van der Waals surface area contributed by atoms with Crippen molar-refractivity contribution in [2.75, 3.05) is 5.32 Å². The lowest BCUT2D eigenvalue weighted by Gasteiger charge is -2.08. The molecule has 2 aromatic rings. The van der Waals surface area contributed by atoms with E-state index in [-0.39, 0.29) is 12.2 Å². The Kier molecular flexibility index (Phi) is 2.99. The van der Waals surface area contributed by atoms with Gasteiger partial charge in [-0.3, -0.25) is 4.68 Å². The molecule has 0 fully saturated rings. The van der Waals surface area contributed by atoms with E-state index in [9.17, 15) is 13.2 Å². The Labute approximate surface area is 95.1 Å². The maximum atomic E-state index is 13.3.